The normalized spacial score (nSPS) is 12.2. The van der Waals surface area contributed by atoms with Gasteiger partial charge in [0, 0.05) is 24.0 Å². The molecule has 0 aliphatic heterocycles. The summed E-state index contributed by atoms with van der Waals surface area (Å²) in [5, 5.41) is 4.62. The highest BCUT2D eigenvalue weighted by Gasteiger charge is 2.15. The molecule has 3 nitrogen and oxygen atoms in total. The summed E-state index contributed by atoms with van der Waals surface area (Å²) in [6, 6.07) is 8.10. The first-order valence-corrected chi connectivity index (χ1v) is 5.98. The molecule has 3 N–H and O–H groups in total. The number of rotatable bonds is 5. The van der Waals surface area contributed by atoms with Crippen molar-refractivity contribution in [3.8, 4) is 0 Å². The molecule has 0 aliphatic carbocycles. The zero-order chi connectivity index (χ0) is 12.3. The Morgan fingerprint density at radius 3 is 2.82 bits per heavy atom. The summed E-state index contributed by atoms with van der Waals surface area (Å²) in [5.41, 5.74) is 7.99. The topological polar surface area (TPSA) is 51.2 Å². The smallest absolute Gasteiger partial charge is 0.134 e. The van der Waals surface area contributed by atoms with E-state index in [-0.39, 0.29) is 5.41 Å². The number of fused-ring (bicyclic) bond motifs is 1. The summed E-state index contributed by atoms with van der Waals surface area (Å²) in [6.45, 7) is 6.73. The van der Waals surface area contributed by atoms with Crippen LogP contribution < -0.4 is 11.1 Å². The highest BCUT2D eigenvalue weighted by molar-refractivity contribution is 5.80. The van der Waals surface area contributed by atoms with E-state index in [0.717, 1.165) is 18.7 Å². The van der Waals surface area contributed by atoms with E-state index in [4.69, 9.17) is 10.2 Å². The van der Waals surface area contributed by atoms with Crippen LogP contribution in [0.2, 0.25) is 0 Å². The molecule has 0 spiro atoms. The van der Waals surface area contributed by atoms with Crippen molar-refractivity contribution < 1.29 is 4.42 Å². The van der Waals surface area contributed by atoms with Crippen molar-refractivity contribution in [3.63, 3.8) is 0 Å². The van der Waals surface area contributed by atoms with Crippen LogP contribution >= 0.6 is 0 Å². The minimum atomic E-state index is 0.138. The summed E-state index contributed by atoms with van der Waals surface area (Å²) in [6.07, 6.45) is 1.83. The van der Waals surface area contributed by atoms with Crippen LogP contribution in [0.1, 0.15) is 19.4 Å². The summed E-state index contributed by atoms with van der Waals surface area (Å²) in [5.74, 6) is 0. The fourth-order valence-corrected chi connectivity index (χ4v) is 1.78. The van der Waals surface area contributed by atoms with Crippen molar-refractivity contribution in [2.45, 2.75) is 20.4 Å². The van der Waals surface area contributed by atoms with Crippen molar-refractivity contribution in [1.29, 1.82) is 0 Å². The predicted octanol–water partition coefficient (Wildman–Crippen LogP) is 2.51. The zero-order valence-electron chi connectivity index (χ0n) is 10.5. The van der Waals surface area contributed by atoms with Gasteiger partial charge in [0.05, 0.1) is 6.26 Å². The molecule has 0 radical (unpaired) electrons. The van der Waals surface area contributed by atoms with Gasteiger partial charge in [-0.3, -0.25) is 0 Å². The molecule has 1 aromatic heterocycles. The minimum Gasteiger partial charge on any atom is -0.464 e. The van der Waals surface area contributed by atoms with Gasteiger partial charge < -0.3 is 15.5 Å². The Morgan fingerprint density at radius 1 is 1.29 bits per heavy atom. The van der Waals surface area contributed by atoms with Gasteiger partial charge in [-0.05, 0) is 18.0 Å². The second-order valence-corrected chi connectivity index (χ2v) is 5.23. The van der Waals surface area contributed by atoms with E-state index in [1.165, 1.54) is 10.9 Å². The van der Waals surface area contributed by atoms with Gasteiger partial charge in [0.25, 0.3) is 0 Å². The first kappa shape index (κ1) is 12.1. The van der Waals surface area contributed by atoms with Gasteiger partial charge in [-0.2, -0.15) is 0 Å². The molecule has 0 bridgehead atoms. The molecule has 0 amide bonds. The van der Waals surface area contributed by atoms with Gasteiger partial charge in [-0.1, -0.05) is 32.0 Å². The molecule has 2 rings (SSSR count). The Bertz CT molecular complexity index is 488. The van der Waals surface area contributed by atoms with E-state index in [2.05, 4.69) is 25.2 Å². The van der Waals surface area contributed by atoms with Gasteiger partial charge in [0.2, 0.25) is 0 Å². The van der Waals surface area contributed by atoms with Crippen LogP contribution in [0.5, 0.6) is 0 Å². The van der Waals surface area contributed by atoms with Crippen LogP contribution in [0.3, 0.4) is 0 Å². The highest BCUT2D eigenvalue weighted by Crippen LogP contribution is 2.20. The van der Waals surface area contributed by atoms with Crippen LogP contribution in [-0.2, 0) is 6.54 Å². The number of nitrogens with one attached hydrogen (secondary N) is 1. The lowest BCUT2D eigenvalue weighted by Crippen LogP contribution is -2.35. The van der Waals surface area contributed by atoms with E-state index in [9.17, 15) is 0 Å². The molecule has 3 heteroatoms. The largest absolute Gasteiger partial charge is 0.464 e. The van der Waals surface area contributed by atoms with E-state index in [1.54, 1.807) is 0 Å². The molecule has 0 atom stereocenters. The predicted molar refractivity (Wildman–Crippen MR) is 70.8 cm³/mol. The monoisotopic (exact) mass is 232 g/mol. The van der Waals surface area contributed by atoms with E-state index in [1.807, 2.05) is 24.5 Å². The Hall–Kier alpha value is -1.32. The fourth-order valence-electron chi connectivity index (χ4n) is 1.78. The first-order valence-electron chi connectivity index (χ1n) is 5.98. The Kier molecular flexibility index (Phi) is 3.50. The highest BCUT2D eigenvalue weighted by atomic mass is 16.3. The summed E-state index contributed by atoms with van der Waals surface area (Å²) in [4.78, 5) is 0. The Morgan fingerprint density at radius 2 is 2.06 bits per heavy atom. The SMILES string of the molecule is CC(C)(CN)CNCc1coc2ccccc12. The first-order chi connectivity index (χ1) is 8.12. The quantitative estimate of drug-likeness (QED) is 0.832. The lowest BCUT2D eigenvalue weighted by molar-refractivity contribution is 0.351. The summed E-state index contributed by atoms with van der Waals surface area (Å²) in [7, 11) is 0. The van der Waals surface area contributed by atoms with Gasteiger partial charge in [0.15, 0.2) is 0 Å². The van der Waals surface area contributed by atoms with Gasteiger partial charge in [0.1, 0.15) is 5.58 Å². The molecule has 0 saturated heterocycles. The van der Waals surface area contributed by atoms with Gasteiger partial charge in [-0.15, -0.1) is 0 Å². The molecular formula is C14H20N2O. The average molecular weight is 232 g/mol. The number of hydrogen-bond donors (Lipinski definition) is 2. The zero-order valence-corrected chi connectivity index (χ0v) is 10.5. The molecule has 0 unspecified atom stereocenters. The van der Waals surface area contributed by atoms with E-state index >= 15 is 0 Å². The maximum absolute atomic E-state index is 5.70. The minimum absolute atomic E-state index is 0.138. The summed E-state index contributed by atoms with van der Waals surface area (Å²) < 4.78 is 5.49. The fraction of sp³-hybridized carbons (Fsp3) is 0.429. The van der Waals surface area contributed by atoms with Crippen molar-refractivity contribution in [3.05, 3.63) is 36.1 Å². The van der Waals surface area contributed by atoms with Crippen LogP contribution in [0, 0.1) is 5.41 Å². The second kappa shape index (κ2) is 4.90. The average Bonchev–Trinajstić information content (AvgIpc) is 2.73. The van der Waals surface area contributed by atoms with E-state index < -0.39 is 0 Å². The third-order valence-electron chi connectivity index (χ3n) is 3.03. The molecule has 92 valence electrons. The lowest BCUT2D eigenvalue weighted by Gasteiger charge is -2.22. The molecule has 0 saturated carbocycles. The molecule has 2 aromatic rings. The number of para-hydroxylation sites is 1. The maximum atomic E-state index is 5.70. The van der Waals surface area contributed by atoms with E-state index in [0.29, 0.717) is 6.54 Å². The molecule has 1 aromatic carbocycles. The van der Waals surface area contributed by atoms with Gasteiger partial charge in [-0.25, -0.2) is 0 Å². The van der Waals surface area contributed by atoms with Crippen LogP contribution in [-0.4, -0.2) is 13.1 Å². The number of hydrogen-bond acceptors (Lipinski definition) is 3. The summed E-state index contributed by atoms with van der Waals surface area (Å²) >= 11 is 0. The third kappa shape index (κ3) is 2.87. The van der Waals surface area contributed by atoms with Crippen LogP contribution in [0.25, 0.3) is 11.0 Å². The number of benzene rings is 1. The van der Waals surface area contributed by atoms with Gasteiger partial charge >= 0.3 is 0 Å². The Balaban J connectivity index is 2.00. The van der Waals surface area contributed by atoms with Crippen molar-refractivity contribution in [2.24, 2.45) is 11.1 Å². The third-order valence-corrected chi connectivity index (χ3v) is 3.03. The molecule has 0 fully saturated rings. The second-order valence-electron chi connectivity index (χ2n) is 5.23. The molecular weight excluding hydrogens is 212 g/mol. The number of furan rings is 1. The van der Waals surface area contributed by atoms with Crippen molar-refractivity contribution >= 4 is 11.0 Å². The lowest BCUT2D eigenvalue weighted by atomic mass is 9.94. The molecule has 0 aliphatic rings. The van der Waals surface area contributed by atoms with Crippen molar-refractivity contribution in [2.75, 3.05) is 13.1 Å². The van der Waals surface area contributed by atoms with Crippen molar-refractivity contribution in [1.82, 2.24) is 5.32 Å². The standard InChI is InChI=1S/C14H20N2O/c1-14(2,9-15)10-16-7-11-8-17-13-6-4-3-5-12(11)13/h3-6,8,16H,7,9-10,15H2,1-2H3. The van der Waals surface area contributed by atoms with Crippen LogP contribution in [0.15, 0.2) is 34.9 Å². The number of nitrogens with two attached hydrogens (primary N) is 1. The molecule has 17 heavy (non-hydrogen) atoms. The van der Waals surface area contributed by atoms with Crippen LogP contribution in [0.4, 0.5) is 0 Å². The molecule has 1 heterocycles. The maximum Gasteiger partial charge on any atom is 0.134 e. The Labute approximate surface area is 102 Å².